The molecule has 22 heavy (non-hydrogen) atoms. The van der Waals surface area contributed by atoms with Crippen LogP contribution in [0.5, 0.6) is 0 Å². The second kappa shape index (κ2) is 5.62. The van der Waals surface area contributed by atoms with Crippen LogP contribution in [0.25, 0.3) is 0 Å². The van der Waals surface area contributed by atoms with Crippen LogP contribution in [0.4, 0.5) is 0 Å². The number of carbonyl (C=O) groups excluding carboxylic acids is 1. The maximum atomic E-state index is 12.8. The summed E-state index contributed by atoms with van der Waals surface area (Å²) < 4.78 is 7.58. The number of rotatable bonds is 1. The molecule has 122 valence electrons. The summed E-state index contributed by atoms with van der Waals surface area (Å²) in [6.45, 7) is 9.18. The molecule has 3 heterocycles. The molecule has 2 fully saturated rings. The highest BCUT2D eigenvalue weighted by Gasteiger charge is 2.39. The van der Waals surface area contributed by atoms with E-state index in [-0.39, 0.29) is 29.4 Å². The van der Waals surface area contributed by atoms with Crippen LogP contribution in [0, 0.1) is 0 Å². The maximum absolute atomic E-state index is 12.8. The molecule has 0 saturated carbocycles. The van der Waals surface area contributed by atoms with Gasteiger partial charge in [0.05, 0.1) is 24.3 Å². The van der Waals surface area contributed by atoms with Gasteiger partial charge in [0.15, 0.2) is 0 Å². The molecule has 0 aromatic carbocycles. The molecule has 1 amide bonds. The van der Waals surface area contributed by atoms with E-state index < -0.39 is 0 Å². The molecule has 2 aliphatic rings. The predicted octanol–water partition coefficient (Wildman–Crippen LogP) is 0.578. The standard InChI is InChI=1S/C15H25N5O2/c1-15(2,3)20-10-16-13(17-20)14(21)19-7-8-22-12-5-6-18(4)9-11(12)19/h10-12H,5-9H2,1-4H3/t11-,12+/m1/s1. The number of fused-ring (bicyclic) bond motifs is 1. The van der Waals surface area contributed by atoms with E-state index in [0.29, 0.717) is 13.2 Å². The first-order chi connectivity index (χ1) is 10.4. The van der Waals surface area contributed by atoms with Gasteiger partial charge in [-0.3, -0.25) is 4.79 Å². The monoisotopic (exact) mass is 307 g/mol. The highest BCUT2D eigenvalue weighted by molar-refractivity contribution is 5.90. The Bertz CT molecular complexity index is 550. The van der Waals surface area contributed by atoms with Crippen LogP contribution in [-0.2, 0) is 10.3 Å². The van der Waals surface area contributed by atoms with Gasteiger partial charge in [-0.25, -0.2) is 9.67 Å². The third-order valence-electron chi connectivity index (χ3n) is 4.42. The summed E-state index contributed by atoms with van der Waals surface area (Å²) >= 11 is 0. The second-order valence-electron chi connectivity index (χ2n) is 7.21. The lowest BCUT2D eigenvalue weighted by molar-refractivity contribution is -0.0872. The summed E-state index contributed by atoms with van der Waals surface area (Å²) in [5.41, 5.74) is -0.176. The SMILES string of the molecule is CN1CC[C@@H]2OCCN(C(=O)c3ncn(C(C)(C)C)n3)[C@@H]2C1. The highest BCUT2D eigenvalue weighted by atomic mass is 16.5. The number of likely N-dealkylation sites (tertiary alicyclic amines) is 1. The van der Waals surface area contributed by atoms with Gasteiger partial charge in [0, 0.05) is 19.6 Å². The quantitative estimate of drug-likeness (QED) is 0.759. The van der Waals surface area contributed by atoms with Crippen LogP contribution < -0.4 is 0 Å². The number of hydrogen-bond acceptors (Lipinski definition) is 5. The first-order valence-corrected chi connectivity index (χ1v) is 7.89. The van der Waals surface area contributed by atoms with Gasteiger partial charge in [0.1, 0.15) is 6.33 Å². The molecule has 7 nitrogen and oxygen atoms in total. The molecular weight excluding hydrogens is 282 g/mol. The molecule has 2 aliphatic heterocycles. The number of morpholine rings is 1. The van der Waals surface area contributed by atoms with Crippen molar-refractivity contribution in [2.24, 2.45) is 0 Å². The molecule has 3 rings (SSSR count). The van der Waals surface area contributed by atoms with Gasteiger partial charge in [-0.2, -0.15) is 0 Å². The van der Waals surface area contributed by atoms with Crippen LogP contribution >= 0.6 is 0 Å². The van der Waals surface area contributed by atoms with Crippen LogP contribution in [-0.4, -0.2) is 75.9 Å². The van der Waals surface area contributed by atoms with E-state index in [2.05, 4.69) is 22.0 Å². The Kier molecular flexibility index (Phi) is 3.94. The topological polar surface area (TPSA) is 63.5 Å². The van der Waals surface area contributed by atoms with Gasteiger partial charge in [-0.1, -0.05) is 0 Å². The van der Waals surface area contributed by atoms with Crippen molar-refractivity contribution < 1.29 is 9.53 Å². The summed E-state index contributed by atoms with van der Waals surface area (Å²) in [4.78, 5) is 21.2. The Labute approximate surface area is 131 Å². The lowest BCUT2D eigenvalue weighted by Crippen LogP contribution is -2.60. The normalized spacial score (nSPS) is 26.8. The minimum absolute atomic E-state index is 0.0865. The zero-order chi connectivity index (χ0) is 15.9. The van der Waals surface area contributed by atoms with Gasteiger partial charge in [0.25, 0.3) is 5.91 Å². The summed E-state index contributed by atoms with van der Waals surface area (Å²) in [5, 5.41) is 4.37. The van der Waals surface area contributed by atoms with E-state index in [1.54, 1.807) is 11.0 Å². The molecular formula is C15H25N5O2. The summed E-state index contributed by atoms with van der Waals surface area (Å²) in [5.74, 6) is 0.195. The van der Waals surface area contributed by atoms with Crippen molar-refractivity contribution in [1.29, 1.82) is 0 Å². The third kappa shape index (κ3) is 2.87. The van der Waals surface area contributed by atoms with E-state index in [9.17, 15) is 4.79 Å². The van der Waals surface area contributed by atoms with E-state index in [1.165, 1.54) is 0 Å². The number of piperidine rings is 1. The Balaban J connectivity index is 1.80. The van der Waals surface area contributed by atoms with Gasteiger partial charge in [-0.05, 0) is 34.2 Å². The molecule has 1 aromatic rings. The molecule has 7 heteroatoms. The number of amides is 1. The minimum Gasteiger partial charge on any atom is -0.374 e. The smallest absolute Gasteiger partial charge is 0.293 e. The van der Waals surface area contributed by atoms with Gasteiger partial charge < -0.3 is 14.5 Å². The Morgan fingerprint density at radius 2 is 2.14 bits per heavy atom. The first kappa shape index (κ1) is 15.4. The number of aromatic nitrogens is 3. The Morgan fingerprint density at radius 3 is 2.82 bits per heavy atom. The molecule has 0 unspecified atom stereocenters. The summed E-state index contributed by atoms with van der Waals surface area (Å²) in [7, 11) is 2.08. The van der Waals surface area contributed by atoms with E-state index >= 15 is 0 Å². The first-order valence-electron chi connectivity index (χ1n) is 7.89. The number of likely N-dealkylation sites (N-methyl/N-ethyl adjacent to an activating group) is 1. The van der Waals surface area contributed by atoms with Crippen LogP contribution in [0.2, 0.25) is 0 Å². The fraction of sp³-hybridized carbons (Fsp3) is 0.800. The van der Waals surface area contributed by atoms with Gasteiger partial charge in [0.2, 0.25) is 5.82 Å². The minimum atomic E-state index is -0.176. The van der Waals surface area contributed by atoms with Crippen molar-refractivity contribution in [3.8, 4) is 0 Å². The molecule has 0 spiro atoms. The average Bonchev–Trinajstić information content (AvgIpc) is 2.95. The van der Waals surface area contributed by atoms with Crippen molar-refractivity contribution in [3.05, 3.63) is 12.2 Å². The van der Waals surface area contributed by atoms with Gasteiger partial charge >= 0.3 is 0 Å². The summed E-state index contributed by atoms with van der Waals surface area (Å²) in [6.07, 6.45) is 2.74. The van der Waals surface area contributed by atoms with Crippen molar-refractivity contribution in [1.82, 2.24) is 24.6 Å². The van der Waals surface area contributed by atoms with E-state index in [4.69, 9.17) is 4.74 Å². The van der Waals surface area contributed by atoms with Crippen molar-refractivity contribution >= 4 is 5.91 Å². The average molecular weight is 307 g/mol. The fourth-order valence-electron chi connectivity index (χ4n) is 3.09. The zero-order valence-electron chi connectivity index (χ0n) is 13.8. The highest BCUT2D eigenvalue weighted by Crippen LogP contribution is 2.23. The molecule has 0 aliphatic carbocycles. The lowest BCUT2D eigenvalue weighted by atomic mass is 9.99. The Hall–Kier alpha value is -1.47. The predicted molar refractivity (Wildman–Crippen MR) is 81.7 cm³/mol. The molecule has 0 radical (unpaired) electrons. The zero-order valence-corrected chi connectivity index (χ0v) is 13.8. The summed E-state index contributed by atoms with van der Waals surface area (Å²) in [6, 6.07) is 0.0987. The van der Waals surface area contributed by atoms with Crippen molar-refractivity contribution in [3.63, 3.8) is 0 Å². The maximum Gasteiger partial charge on any atom is 0.293 e. The molecule has 0 N–H and O–H groups in total. The van der Waals surface area contributed by atoms with E-state index in [1.807, 2.05) is 25.7 Å². The van der Waals surface area contributed by atoms with Crippen LogP contribution in [0.3, 0.4) is 0 Å². The van der Waals surface area contributed by atoms with Gasteiger partial charge in [-0.15, -0.1) is 5.10 Å². The number of hydrogen-bond donors (Lipinski definition) is 0. The lowest BCUT2D eigenvalue weighted by Gasteiger charge is -2.45. The Morgan fingerprint density at radius 1 is 1.36 bits per heavy atom. The number of nitrogens with zero attached hydrogens (tertiary/aromatic N) is 5. The molecule has 2 atom stereocenters. The number of carbonyl (C=O) groups is 1. The largest absolute Gasteiger partial charge is 0.374 e. The van der Waals surface area contributed by atoms with Crippen LogP contribution in [0.1, 0.15) is 37.8 Å². The second-order valence-corrected chi connectivity index (χ2v) is 7.21. The third-order valence-corrected chi connectivity index (χ3v) is 4.42. The molecule has 2 saturated heterocycles. The van der Waals surface area contributed by atoms with E-state index in [0.717, 1.165) is 19.5 Å². The van der Waals surface area contributed by atoms with Crippen molar-refractivity contribution in [2.45, 2.75) is 44.9 Å². The van der Waals surface area contributed by atoms with Crippen LogP contribution in [0.15, 0.2) is 6.33 Å². The molecule has 0 bridgehead atoms. The fourth-order valence-corrected chi connectivity index (χ4v) is 3.09. The number of ether oxygens (including phenoxy) is 1. The molecule has 1 aromatic heterocycles. The van der Waals surface area contributed by atoms with Crippen molar-refractivity contribution in [2.75, 3.05) is 33.3 Å².